The molecule has 0 saturated carbocycles. The van der Waals surface area contributed by atoms with Gasteiger partial charge in [0.1, 0.15) is 5.69 Å². The van der Waals surface area contributed by atoms with Crippen LogP contribution in [0.15, 0.2) is 66.9 Å². The number of carbonyl (C=O) groups excluding carboxylic acids is 1. The summed E-state index contributed by atoms with van der Waals surface area (Å²) >= 11 is 0. The van der Waals surface area contributed by atoms with Gasteiger partial charge in [-0.15, -0.1) is 12.4 Å². The number of nitrogens with one attached hydrogen (secondary N) is 1. The van der Waals surface area contributed by atoms with E-state index in [1.807, 2.05) is 76.4 Å². The van der Waals surface area contributed by atoms with E-state index in [9.17, 15) is 4.79 Å². The third-order valence-electron chi connectivity index (χ3n) is 5.60. The summed E-state index contributed by atoms with van der Waals surface area (Å²) < 4.78 is 1.81. The summed E-state index contributed by atoms with van der Waals surface area (Å²) in [6, 6.07) is 19.9. The molecule has 1 aliphatic heterocycles. The Labute approximate surface area is 184 Å². The Balaban J connectivity index is 0.00000256. The van der Waals surface area contributed by atoms with Crippen molar-refractivity contribution in [3.8, 4) is 16.9 Å². The Kier molecular flexibility index (Phi) is 7.66. The van der Waals surface area contributed by atoms with Crippen LogP contribution in [0.25, 0.3) is 16.9 Å². The molecule has 1 N–H and O–H groups in total. The van der Waals surface area contributed by atoms with E-state index in [0.717, 1.165) is 56.0 Å². The molecule has 0 radical (unpaired) electrons. The molecule has 1 aromatic heterocycles. The molecule has 1 fully saturated rings. The maximum absolute atomic E-state index is 13.4. The van der Waals surface area contributed by atoms with E-state index < -0.39 is 0 Å². The van der Waals surface area contributed by atoms with E-state index in [1.165, 1.54) is 0 Å². The van der Waals surface area contributed by atoms with Crippen molar-refractivity contribution in [1.29, 1.82) is 0 Å². The van der Waals surface area contributed by atoms with Crippen LogP contribution in [0.3, 0.4) is 0 Å². The van der Waals surface area contributed by atoms with Crippen LogP contribution >= 0.6 is 12.4 Å². The molecule has 30 heavy (non-hydrogen) atoms. The van der Waals surface area contributed by atoms with Crippen LogP contribution in [0.2, 0.25) is 0 Å². The molecule has 2 heterocycles. The molecule has 0 spiro atoms. The lowest BCUT2D eigenvalue weighted by Crippen LogP contribution is -2.40. The molecule has 1 saturated heterocycles. The number of aromatic nitrogens is 2. The summed E-state index contributed by atoms with van der Waals surface area (Å²) in [6.45, 7) is 5.78. The molecule has 0 aliphatic carbocycles. The Morgan fingerprint density at radius 1 is 1.03 bits per heavy atom. The highest BCUT2D eigenvalue weighted by molar-refractivity contribution is 6.00. The van der Waals surface area contributed by atoms with Crippen molar-refractivity contribution in [2.75, 3.05) is 26.2 Å². The topological polar surface area (TPSA) is 50.2 Å². The summed E-state index contributed by atoms with van der Waals surface area (Å²) in [5.41, 5.74) is 3.33. The van der Waals surface area contributed by atoms with Gasteiger partial charge in [0.15, 0.2) is 0 Å². The number of hydrogen-bond acceptors (Lipinski definition) is 3. The fraction of sp³-hybridized carbons (Fsp3) is 0.333. The van der Waals surface area contributed by atoms with Gasteiger partial charge in [-0.3, -0.25) is 4.79 Å². The molecule has 4 rings (SSSR count). The van der Waals surface area contributed by atoms with Gasteiger partial charge in [-0.05, 0) is 44.0 Å². The molecule has 6 heteroatoms. The standard InChI is InChI=1S/C24H28N4O.ClH/c1-2-25-17-19-13-15-27(16-14-19)24(29)22-18-28(21-11-7-4-8-12-21)26-23(22)20-9-5-3-6-10-20;/h3-12,18-19,25H,2,13-17H2,1H3;1H. The Bertz CT molecular complexity index is 934. The second-order valence-corrected chi connectivity index (χ2v) is 7.58. The molecule has 2 aromatic carbocycles. The van der Waals surface area contributed by atoms with Crippen LogP contribution in [0.4, 0.5) is 0 Å². The highest BCUT2D eigenvalue weighted by Gasteiger charge is 2.27. The van der Waals surface area contributed by atoms with Crippen molar-refractivity contribution >= 4 is 18.3 Å². The predicted octanol–water partition coefficient (Wildman–Crippen LogP) is 4.42. The van der Waals surface area contributed by atoms with Gasteiger partial charge in [-0.1, -0.05) is 55.5 Å². The Hall–Kier alpha value is -2.63. The Morgan fingerprint density at radius 2 is 1.67 bits per heavy atom. The molecular weight excluding hydrogens is 396 g/mol. The van der Waals surface area contributed by atoms with Gasteiger partial charge in [-0.25, -0.2) is 4.68 Å². The number of para-hydroxylation sites is 1. The van der Waals surface area contributed by atoms with Crippen molar-refractivity contribution < 1.29 is 4.79 Å². The quantitative estimate of drug-likeness (QED) is 0.637. The van der Waals surface area contributed by atoms with E-state index in [0.29, 0.717) is 11.5 Å². The minimum Gasteiger partial charge on any atom is -0.339 e. The van der Waals surface area contributed by atoms with Crippen molar-refractivity contribution in [2.24, 2.45) is 5.92 Å². The van der Waals surface area contributed by atoms with E-state index in [4.69, 9.17) is 5.10 Å². The number of likely N-dealkylation sites (tertiary alicyclic amines) is 1. The zero-order valence-corrected chi connectivity index (χ0v) is 18.1. The first kappa shape index (κ1) is 22.1. The highest BCUT2D eigenvalue weighted by atomic mass is 35.5. The summed E-state index contributed by atoms with van der Waals surface area (Å²) in [6.07, 6.45) is 3.98. The zero-order chi connectivity index (χ0) is 20.1. The monoisotopic (exact) mass is 424 g/mol. The molecule has 0 atom stereocenters. The van der Waals surface area contributed by atoms with Crippen molar-refractivity contribution in [1.82, 2.24) is 20.0 Å². The summed E-state index contributed by atoms with van der Waals surface area (Å²) in [7, 11) is 0. The minimum atomic E-state index is 0. The molecule has 3 aromatic rings. The third kappa shape index (κ3) is 4.91. The normalized spacial score (nSPS) is 14.4. The van der Waals surface area contributed by atoms with E-state index in [-0.39, 0.29) is 18.3 Å². The third-order valence-corrected chi connectivity index (χ3v) is 5.60. The van der Waals surface area contributed by atoms with Crippen molar-refractivity contribution in [2.45, 2.75) is 19.8 Å². The number of amides is 1. The first-order chi connectivity index (χ1) is 14.3. The number of piperidine rings is 1. The van der Waals surface area contributed by atoms with Crippen molar-refractivity contribution in [3.05, 3.63) is 72.4 Å². The zero-order valence-electron chi connectivity index (χ0n) is 17.3. The van der Waals surface area contributed by atoms with E-state index in [2.05, 4.69) is 12.2 Å². The van der Waals surface area contributed by atoms with Gasteiger partial charge in [-0.2, -0.15) is 5.10 Å². The largest absolute Gasteiger partial charge is 0.339 e. The molecule has 1 aliphatic rings. The summed E-state index contributed by atoms with van der Waals surface area (Å²) in [4.78, 5) is 15.4. The van der Waals surface area contributed by atoms with Crippen LogP contribution in [-0.2, 0) is 0 Å². The first-order valence-corrected chi connectivity index (χ1v) is 10.5. The van der Waals surface area contributed by atoms with Crippen LogP contribution in [0.1, 0.15) is 30.1 Å². The average molecular weight is 425 g/mol. The number of nitrogens with zero attached hydrogens (tertiary/aromatic N) is 3. The average Bonchev–Trinajstić information content (AvgIpc) is 3.24. The number of benzene rings is 2. The molecule has 5 nitrogen and oxygen atoms in total. The Morgan fingerprint density at radius 3 is 2.30 bits per heavy atom. The van der Waals surface area contributed by atoms with Gasteiger partial charge in [0.25, 0.3) is 5.91 Å². The van der Waals surface area contributed by atoms with Gasteiger partial charge >= 0.3 is 0 Å². The van der Waals surface area contributed by atoms with Crippen LogP contribution in [0, 0.1) is 5.92 Å². The highest BCUT2D eigenvalue weighted by Crippen LogP contribution is 2.26. The van der Waals surface area contributed by atoms with Crippen molar-refractivity contribution in [3.63, 3.8) is 0 Å². The summed E-state index contributed by atoms with van der Waals surface area (Å²) in [5, 5.41) is 8.21. The maximum atomic E-state index is 13.4. The lowest BCUT2D eigenvalue weighted by atomic mass is 9.96. The second-order valence-electron chi connectivity index (χ2n) is 7.58. The van der Waals surface area contributed by atoms with Gasteiger partial charge in [0.2, 0.25) is 0 Å². The molecule has 158 valence electrons. The summed E-state index contributed by atoms with van der Waals surface area (Å²) in [5.74, 6) is 0.729. The van der Waals surface area contributed by atoms with Crippen LogP contribution in [0.5, 0.6) is 0 Å². The lowest BCUT2D eigenvalue weighted by Gasteiger charge is -2.32. The fourth-order valence-electron chi connectivity index (χ4n) is 3.91. The van der Waals surface area contributed by atoms with Gasteiger partial charge < -0.3 is 10.2 Å². The SMILES string of the molecule is CCNCC1CCN(C(=O)c2cn(-c3ccccc3)nc2-c2ccccc2)CC1.Cl. The maximum Gasteiger partial charge on any atom is 0.257 e. The van der Waals surface area contributed by atoms with Crippen LogP contribution < -0.4 is 5.32 Å². The smallest absolute Gasteiger partial charge is 0.257 e. The number of rotatable bonds is 6. The minimum absolute atomic E-state index is 0. The first-order valence-electron chi connectivity index (χ1n) is 10.5. The molecular formula is C24H29ClN4O. The van der Waals surface area contributed by atoms with Gasteiger partial charge in [0, 0.05) is 24.8 Å². The molecule has 0 unspecified atom stereocenters. The van der Waals surface area contributed by atoms with Crippen LogP contribution in [-0.4, -0.2) is 46.8 Å². The molecule has 1 amide bonds. The van der Waals surface area contributed by atoms with E-state index in [1.54, 1.807) is 0 Å². The number of carbonyl (C=O) groups is 1. The van der Waals surface area contributed by atoms with Gasteiger partial charge in [0.05, 0.1) is 11.3 Å². The number of halogens is 1. The molecule has 0 bridgehead atoms. The second kappa shape index (κ2) is 10.4. The number of hydrogen-bond donors (Lipinski definition) is 1. The lowest BCUT2D eigenvalue weighted by molar-refractivity contribution is 0.0691. The fourth-order valence-corrected chi connectivity index (χ4v) is 3.91. The predicted molar refractivity (Wildman–Crippen MR) is 123 cm³/mol. The van der Waals surface area contributed by atoms with E-state index >= 15 is 0 Å².